The number of aliphatic hydroxyl groups is 1. The van der Waals surface area contributed by atoms with E-state index in [1.165, 1.54) is 6.07 Å². The first-order valence-corrected chi connectivity index (χ1v) is 8.40. The van der Waals surface area contributed by atoms with Crippen LogP contribution in [0.25, 0.3) is 0 Å². The zero-order valence-electron chi connectivity index (χ0n) is 12.4. The first-order chi connectivity index (χ1) is 10.0. The lowest BCUT2D eigenvalue weighted by Crippen LogP contribution is -2.56. The number of hydrogen-bond donors (Lipinski definition) is 2. The van der Waals surface area contributed by atoms with Crippen molar-refractivity contribution in [2.45, 2.75) is 43.9 Å². The maximum absolute atomic E-state index is 14.1. The van der Waals surface area contributed by atoms with E-state index >= 15 is 0 Å². The van der Waals surface area contributed by atoms with Gasteiger partial charge in [0.1, 0.15) is 20.9 Å². The molecule has 1 heterocycles. The number of hydrogen-bond acceptors (Lipinski definition) is 4. The fourth-order valence-corrected chi connectivity index (χ4v) is 2.94. The van der Waals surface area contributed by atoms with E-state index in [2.05, 4.69) is 25.6 Å². The number of aliphatic hydroxyl groups excluding tert-OH is 1. The molecule has 0 saturated heterocycles. The van der Waals surface area contributed by atoms with E-state index in [9.17, 15) is 17.7 Å². The van der Waals surface area contributed by atoms with Crippen LogP contribution < -0.4 is 4.72 Å². The Morgan fingerprint density at radius 3 is 2.45 bits per heavy atom. The number of nitrogens with one attached hydrogen (secondary N) is 1. The van der Waals surface area contributed by atoms with Gasteiger partial charge in [-0.2, -0.15) is 0 Å². The normalized spacial score (nSPS) is 16.6. The van der Waals surface area contributed by atoms with Crippen molar-refractivity contribution in [3.05, 3.63) is 28.2 Å². The van der Waals surface area contributed by atoms with Crippen molar-refractivity contribution >= 4 is 27.3 Å². The Morgan fingerprint density at radius 1 is 1.41 bits per heavy atom. The third kappa shape index (κ3) is 4.35. The molecule has 9 heteroatoms. The Labute approximate surface area is 139 Å². The van der Waals surface area contributed by atoms with E-state index in [0.717, 1.165) is 6.07 Å². The summed E-state index contributed by atoms with van der Waals surface area (Å²) in [6, 6.07) is 2.26. The SMILES string of the molecule is CC(C)(C)[S+]([O-])N[C@@](CCO)(c1nc(Br)ccc1F)C(F)F. The number of aromatic nitrogens is 1. The van der Waals surface area contributed by atoms with Crippen LogP contribution >= 0.6 is 15.9 Å². The molecule has 126 valence electrons. The molecule has 0 amide bonds. The highest BCUT2D eigenvalue weighted by atomic mass is 79.9. The highest BCUT2D eigenvalue weighted by Crippen LogP contribution is 2.35. The molecule has 0 aliphatic carbocycles. The Kier molecular flexibility index (Phi) is 6.70. The van der Waals surface area contributed by atoms with Crippen molar-refractivity contribution in [3.63, 3.8) is 0 Å². The predicted octanol–water partition coefficient (Wildman–Crippen LogP) is 2.88. The van der Waals surface area contributed by atoms with Gasteiger partial charge in [0.15, 0.2) is 5.54 Å². The predicted molar refractivity (Wildman–Crippen MR) is 82.3 cm³/mol. The quantitative estimate of drug-likeness (QED) is 0.566. The standard InChI is InChI=1S/C13H18BrF3N2O2S/c1-12(2,3)22(21)19-13(6-7-20,11(16)17)10-8(15)4-5-9(14)18-10/h4-5,11,19-20H,6-7H2,1-3H3/t13-,22?/m0/s1. The summed E-state index contributed by atoms with van der Waals surface area (Å²) in [5.41, 5.74) is -2.93. The summed E-state index contributed by atoms with van der Waals surface area (Å²) >= 11 is 1.10. The molecule has 0 saturated carbocycles. The molecule has 0 radical (unpaired) electrons. The molecule has 1 aromatic heterocycles. The van der Waals surface area contributed by atoms with Crippen LogP contribution in [-0.2, 0) is 16.9 Å². The molecular weight excluding hydrogens is 385 g/mol. The van der Waals surface area contributed by atoms with Gasteiger partial charge in [0.05, 0.1) is 0 Å². The molecule has 2 N–H and O–H groups in total. The molecule has 1 unspecified atom stereocenters. The maximum Gasteiger partial charge on any atom is 0.266 e. The highest BCUT2D eigenvalue weighted by Gasteiger charge is 2.50. The van der Waals surface area contributed by atoms with Crippen LogP contribution in [0.15, 0.2) is 16.7 Å². The minimum absolute atomic E-state index is 0.162. The van der Waals surface area contributed by atoms with E-state index in [-0.39, 0.29) is 4.60 Å². The third-order valence-corrected chi connectivity index (χ3v) is 5.05. The van der Waals surface area contributed by atoms with Gasteiger partial charge >= 0.3 is 0 Å². The van der Waals surface area contributed by atoms with Crippen LogP contribution in [0.4, 0.5) is 13.2 Å². The van der Waals surface area contributed by atoms with Gasteiger partial charge in [-0.3, -0.25) is 0 Å². The van der Waals surface area contributed by atoms with Gasteiger partial charge in [-0.1, -0.05) is 0 Å². The second-order valence-electron chi connectivity index (χ2n) is 5.69. The molecule has 1 aromatic rings. The van der Waals surface area contributed by atoms with E-state index in [1.807, 2.05) is 0 Å². The Morgan fingerprint density at radius 2 is 2.00 bits per heavy atom. The summed E-state index contributed by atoms with van der Waals surface area (Å²) in [7, 11) is 0. The molecule has 0 aliphatic rings. The van der Waals surface area contributed by atoms with Crippen molar-refractivity contribution in [3.8, 4) is 0 Å². The Hall–Kier alpha value is -0.350. The minimum atomic E-state index is -3.12. The number of rotatable bonds is 6. The van der Waals surface area contributed by atoms with Crippen LogP contribution in [0.5, 0.6) is 0 Å². The molecule has 0 fully saturated rings. The lowest BCUT2D eigenvalue weighted by atomic mass is 9.92. The Balaban J connectivity index is 3.41. The summed E-state index contributed by atoms with van der Waals surface area (Å²) in [6.45, 7) is 4.13. The zero-order chi connectivity index (χ0) is 17.1. The summed E-state index contributed by atoms with van der Waals surface area (Å²) in [6.07, 6.45) is -3.66. The highest BCUT2D eigenvalue weighted by molar-refractivity contribution is 9.10. The fourth-order valence-electron chi connectivity index (χ4n) is 1.70. The van der Waals surface area contributed by atoms with E-state index in [0.29, 0.717) is 0 Å². The fraction of sp³-hybridized carbons (Fsp3) is 0.615. The van der Waals surface area contributed by atoms with Crippen molar-refractivity contribution in [2.75, 3.05) is 6.61 Å². The van der Waals surface area contributed by atoms with Gasteiger partial charge in [-0.05, 0) is 48.8 Å². The summed E-state index contributed by atoms with van der Waals surface area (Å²) in [4.78, 5) is 3.77. The average Bonchev–Trinajstić information content (AvgIpc) is 2.39. The first-order valence-electron chi connectivity index (χ1n) is 6.46. The Bertz CT molecular complexity index is 517. The van der Waals surface area contributed by atoms with Crippen LogP contribution in [-0.4, -0.2) is 32.4 Å². The maximum atomic E-state index is 14.1. The summed E-state index contributed by atoms with van der Waals surface area (Å²) in [5.74, 6) is -0.963. The van der Waals surface area contributed by atoms with Crippen molar-refractivity contribution < 1.29 is 22.8 Å². The molecule has 0 aliphatic heterocycles. The van der Waals surface area contributed by atoms with E-state index in [4.69, 9.17) is 5.11 Å². The number of nitrogens with zero attached hydrogens (tertiary/aromatic N) is 1. The number of halogens is 4. The van der Waals surface area contributed by atoms with E-state index in [1.54, 1.807) is 20.8 Å². The smallest absolute Gasteiger partial charge is 0.266 e. The molecule has 1 rings (SSSR count). The lowest BCUT2D eigenvalue weighted by molar-refractivity contribution is 0.0202. The summed E-state index contributed by atoms with van der Waals surface area (Å²) < 4.78 is 55.4. The van der Waals surface area contributed by atoms with Gasteiger partial charge in [0.2, 0.25) is 0 Å². The molecule has 0 bridgehead atoms. The molecule has 0 aromatic carbocycles. The van der Waals surface area contributed by atoms with Crippen molar-refractivity contribution in [1.82, 2.24) is 9.71 Å². The van der Waals surface area contributed by atoms with Crippen LogP contribution in [0.3, 0.4) is 0 Å². The van der Waals surface area contributed by atoms with Gasteiger partial charge in [-0.25, -0.2) is 18.2 Å². The molecule has 0 spiro atoms. The van der Waals surface area contributed by atoms with Crippen molar-refractivity contribution in [2.24, 2.45) is 0 Å². The second-order valence-corrected chi connectivity index (χ2v) is 8.47. The van der Waals surface area contributed by atoms with Gasteiger partial charge in [0.25, 0.3) is 6.43 Å². The van der Waals surface area contributed by atoms with Crippen LogP contribution in [0.2, 0.25) is 0 Å². The topological polar surface area (TPSA) is 68.2 Å². The first kappa shape index (κ1) is 19.7. The monoisotopic (exact) mass is 402 g/mol. The van der Waals surface area contributed by atoms with Crippen molar-refractivity contribution in [1.29, 1.82) is 0 Å². The number of pyridine rings is 1. The molecular formula is C13H18BrF3N2O2S. The lowest BCUT2D eigenvalue weighted by Gasteiger charge is -2.36. The van der Waals surface area contributed by atoms with Gasteiger partial charge in [-0.15, -0.1) is 4.72 Å². The zero-order valence-corrected chi connectivity index (χ0v) is 14.8. The molecule has 2 atom stereocenters. The molecule has 22 heavy (non-hydrogen) atoms. The second kappa shape index (κ2) is 7.48. The third-order valence-electron chi connectivity index (χ3n) is 2.94. The minimum Gasteiger partial charge on any atom is -0.598 e. The van der Waals surface area contributed by atoms with Crippen LogP contribution in [0.1, 0.15) is 32.9 Å². The van der Waals surface area contributed by atoms with Gasteiger partial charge < -0.3 is 9.66 Å². The van der Waals surface area contributed by atoms with Gasteiger partial charge in [0, 0.05) is 24.4 Å². The summed E-state index contributed by atoms with van der Waals surface area (Å²) in [5, 5.41) is 9.15. The average molecular weight is 403 g/mol. The molecule has 4 nitrogen and oxygen atoms in total. The van der Waals surface area contributed by atoms with Crippen LogP contribution in [0, 0.1) is 5.82 Å². The largest absolute Gasteiger partial charge is 0.598 e. The van der Waals surface area contributed by atoms with E-state index < -0.39 is 52.6 Å². The number of alkyl halides is 2.